The molecule has 1 aromatic heterocycles. The average molecular weight is 279 g/mol. The summed E-state index contributed by atoms with van der Waals surface area (Å²) < 4.78 is 1.75. The minimum atomic E-state index is -1.35. The minimum Gasteiger partial charge on any atom is -0.379 e. The molecule has 1 atom stereocenters. The number of aromatic nitrogens is 3. The van der Waals surface area contributed by atoms with Crippen molar-refractivity contribution in [2.75, 3.05) is 19.6 Å². The summed E-state index contributed by atoms with van der Waals surface area (Å²) in [5.41, 5.74) is -1.63. The fourth-order valence-electron chi connectivity index (χ4n) is 3.05. The third-order valence-corrected chi connectivity index (χ3v) is 4.33. The predicted octanol–water partition coefficient (Wildman–Crippen LogP) is -0.834. The standard InChI is InChI=1S/C13H21N5O2/c1-12(2)8-14-4-6-17(12)11(19)13(20)3-5-18-10(7-13)15-9-16-18/h9,14,20H,3-8H2,1-2H3. The number of nitrogens with zero attached hydrogens (tertiary/aromatic N) is 4. The number of aryl methyl sites for hydroxylation is 1. The number of hydrogen-bond donors (Lipinski definition) is 2. The predicted molar refractivity (Wildman–Crippen MR) is 72.0 cm³/mol. The molecule has 0 spiro atoms. The van der Waals surface area contributed by atoms with E-state index in [1.807, 2.05) is 13.8 Å². The zero-order chi connectivity index (χ0) is 14.4. The highest BCUT2D eigenvalue weighted by atomic mass is 16.3. The van der Waals surface area contributed by atoms with Crippen LogP contribution in [0.2, 0.25) is 0 Å². The van der Waals surface area contributed by atoms with Crippen LogP contribution in [0, 0.1) is 0 Å². The van der Waals surface area contributed by atoms with Crippen molar-refractivity contribution in [3.8, 4) is 0 Å². The number of carbonyl (C=O) groups is 1. The maximum Gasteiger partial charge on any atom is 0.255 e. The summed E-state index contributed by atoms with van der Waals surface area (Å²) in [5, 5.41) is 18.2. The Morgan fingerprint density at radius 1 is 1.45 bits per heavy atom. The molecular weight excluding hydrogens is 258 g/mol. The van der Waals surface area contributed by atoms with Gasteiger partial charge in [0.15, 0.2) is 5.60 Å². The van der Waals surface area contributed by atoms with E-state index in [9.17, 15) is 9.90 Å². The molecule has 1 unspecified atom stereocenters. The molecule has 0 radical (unpaired) electrons. The summed E-state index contributed by atoms with van der Waals surface area (Å²) >= 11 is 0. The van der Waals surface area contributed by atoms with E-state index >= 15 is 0 Å². The van der Waals surface area contributed by atoms with Crippen LogP contribution in [0.3, 0.4) is 0 Å². The van der Waals surface area contributed by atoms with Gasteiger partial charge >= 0.3 is 0 Å². The van der Waals surface area contributed by atoms with E-state index < -0.39 is 5.60 Å². The van der Waals surface area contributed by atoms with Crippen molar-refractivity contribution in [1.29, 1.82) is 0 Å². The maximum atomic E-state index is 12.8. The number of amides is 1. The van der Waals surface area contributed by atoms with Crippen LogP contribution in [0.25, 0.3) is 0 Å². The number of nitrogens with one attached hydrogen (secondary N) is 1. The van der Waals surface area contributed by atoms with E-state index in [0.29, 0.717) is 25.3 Å². The van der Waals surface area contributed by atoms with Crippen molar-refractivity contribution >= 4 is 5.91 Å². The van der Waals surface area contributed by atoms with E-state index in [4.69, 9.17) is 0 Å². The Morgan fingerprint density at radius 3 is 3.00 bits per heavy atom. The Balaban J connectivity index is 1.83. The smallest absolute Gasteiger partial charge is 0.255 e. The van der Waals surface area contributed by atoms with Crippen LogP contribution in [-0.2, 0) is 17.8 Å². The van der Waals surface area contributed by atoms with E-state index in [1.54, 1.807) is 9.58 Å². The lowest BCUT2D eigenvalue weighted by Gasteiger charge is -2.46. The van der Waals surface area contributed by atoms with Crippen molar-refractivity contribution in [2.24, 2.45) is 0 Å². The molecule has 7 nitrogen and oxygen atoms in total. The Hall–Kier alpha value is -1.47. The van der Waals surface area contributed by atoms with Crippen molar-refractivity contribution in [1.82, 2.24) is 25.0 Å². The summed E-state index contributed by atoms with van der Waals surface area (Å²) in [6.07, 6.45) is 2.11. The third kappa shape index (κ3) is 2.10. The van der Waals surface area contributed by atoms with Gasteiger partial charge in [-0.2, -0.15) is 5.10 Å². The van der Waals surface area contributed by atoms with Gasteiger partial charge in [-0.05, 0) is 13.8 Å². The lowest BCUT2D eigenvalue weighted by atomic mass is 9.88. The number of aliphatic hydroxyl groups is 1. The number of hydrogen-bond acceptors (Lipinski definition) is 5. The molecule has 2 aliphatic heterocycles. The number of rotatable bonds is 1. The van der Waals surface area contributed by atoms with E-state index in [2.05, 4.69) is 15.4 Å². The van der Waals surface area contributed by atoms with Crippen LogP contribution in [0.4, 0.5) is 0 Å². The Kier molecular flexibility index (Phi) is 3.06. The molecule has 3 heterocycles. The molecule has 1 fully saturated rings. The van der Waals surface area contributed by atoms with Gasteiger partial charge in [-0.1, -0.05) is 0 Å². The van der Waals surface area contributed by atoms with Gasteiger partial charge in [0.25, 0.3) is 5.91 Å². The number of carbonyl (C=O) groups excluding carboxylic acids is 1. The van der Waals surface area contributed by atoms with E-state index in [-0.39, 0.29) is 17.9 Å². The first-order chi connectivity index (χ1) is 9.42. The topological polar surface area (TPSA) is 83.3 Å². The fraction of sp³-hybridized carbons (Fsp3) is 0.769. The van der Waals surface area contributed by atoms with Gasteiger partial charge in [-0.3, -0.25) is 4.79 Å². The van der Waals surface area contributed by atoms with Crippen LogP contribution in [-0.4, -0.2) is 61.5 Å². The first-order valence-electron chi connectivity index (χ1n) is 7.04. The van der Waals surface area contributed by atoms with Gasteiger partial charge in [0.2, 0.25) is 0 Å². The molecule has 20 heavy (non-hydrogen) atoms. The van der Waals surface area contributed by atoms with Crippen molar-refractivity contribution < 1.29 is 9.90 Å². The maximum absolute atomic E-state index is 12.8. The zero-order valence-corrected chi connectivity index (χ0v) is 12.0. The summed E-state index contributed by atoms with van der Waals surface area (Å²) in [6, 6.07) is 0. The van der Waals surface area contributed by atoms with Crippen molar-refractivity contribution in [3.63, 3.8) is 0 Å². The highest BCUT2D eigenvalue weighted by Crippen LogP contribution is 2.28. The SMILES string of the molecule is CC1(C)CNCCN1C(=O)C1(O)CCn2ncnc2C1. The highest BCUT2D eigenvalue weighted by Gasteiger charge is 2.46. The lowest BCUT2D eigenvalue weighted by molar-refractivity contribution is -0.160. The highest BCUT2D eigenvalue weighted by molar-refractivity contribution is 5.86. The van der Waals surface area contributed by atoms with Crippen LogP contribution in [0.5, 0.6) is 0 Å². The second-order valence-electron chi connectivity index (χ2n) is 6.30. The number of fused-ring (bicyclic) bond motifs is 1. The van der Waals surface area contributed by atoms with E-state index in [0.717, 1.165) is 13.1 Å². The molecule has 1 aromatic rings. The van der Waals surface area contributed by atoms with Crippen LogP contribution < -0.4 is 5.32 Å². The Bertz CT molecular complexity index is 527. The van der Waals surface area contributed by atoms with Gasteiger partial charge in [0.05, 0.1) is 0 Å². The lowest BCUT2D eigenvalue weighted by Crippen LogP contribution is -2.65. The Labute approximate surface area is 118 Å². The molecule has 110 valence electrons. The van der Waals surface area contributed by atoms with Gasteiger partial charge in [0, 0.05) is 44.6 Å². The second kappa shape index (κ2) is 4.53. The largest absolute Gasteiger partial charge is 0.379 e. The van der Waals surface area contributed by atoms with E-state index in [1.165, 1.54) is 6.33 Å². The molecule has 0 bridgehead atoms. The molecule has 2 N–H and O–H groups in total. The molecule has 2 aliphatic rings. The normalized spacial score (nSPS) is 29.1. The van der Waals surface area contributed by atoms with Crippen LogP contribution in [0.15, 0.2) is 6.33 Å². The summed E-state index contributed by atoms with van der Waals surface area (Å²) in [6.45, 7) is 6.70. The molecule has 1 amide bonds. The quantitative estimate of drug-likeness (QED) is 0.701. The van der Waals surface area contributed by atoms with Gasteiger partial charge in [0.1, 0.15) is 12.2 Å². The minimum absolute atomic E-state index is 0.182. The molecule has 0 aromatic carbocycles. The summed E-state index contributed by atoms with van der Waals surface area (Å²) in [7, 11) is 0. The molecular formula is C13H21N5O2. The number of piperazine rings is 1. The fourth-order valence-corrected chi connectivity index (χ4v) is 3.05. The van der Waals surface area contributed by atoms with Crippen molar-refractivity contribution in [2.45, 2.75) is 44.4 Å². The summed E-state index contributed by atoms with van der Waals surface area (Å²) in [4.78, 5) is 18.7. The van der Waals surface area contributed by atoms with Gasteiger partial charge < -0.3 is 15.3 Å². The average Bonchev–Trinajstić information content (AvgIpc) is 2.84. The Morgan fingerprint density at radius 2 is 2.25 bits per heavy atom. The molecule has 7 heteroatoms. The molecule has 0 saturated carbocycles. The van der Waals surface area contributed by atoms with Gasteiger partial charge in [-0.25, -0.2) is 9.67 Å². The van der Waals surface area contributed by atoms with Crippen molar-refractivity contribution in [3.05, 3.63) is 12.2 Å². The first kappa shape index (κ1) is 13.5. The van der Waals surface area contributed by atoms with Gasteiger partial charge in [-0.15, -0.1) is 0 Å². The molecule has 1 saturated heterocycles. The van der Waals surface area contributed by atoms with Crippen LogP contribution >= 0.6 is 0 Å². The zero-order valence-electron chi connectivity index (χ0n) is 12.0. The van der Waals surface area contributed by atoms with Crippen LogP contribution in [0.1, 0.15) is 26.1 Å². The second-order valence-corrected chi connectivity index (χ2v) is 6.30. The molecule has 3 rings (SSSR count). The first-order valence-corrected chi connectivity index (χ1v) is 7.04. The monoisotopic (exact) mass is 279 g/mol. The third-order valence-electron chi connectivity index (χ3n) is 4.33. The summed E-state index contributed by atoms with van der Waals surface area (Å²) in [5.74, 6) is 0.498. The molecule has 0 aliphatic carbocycles.